The number of nitrogens with zero attached hydrogens (tertiary/aromatic N) is 2. The zero-order valence-corrected chi connectivity index (χ0v) is 22.0. The molecule has 198 valence electrons. The van der Waals surface area contributed by atoms with E-state index in [4.69, 9.17) is 14.2 Å². The highest BCUT2D eigenvalue weighted by Gasteiger charge is 2.37. The predicted octanol–water partition coefficient (Wildman–Crippen LogP) is 4.06. The standard InChI is InChI=1S/C27H39N3O6/c1-17(2)30(20-7-6-12-29(16-20)26(33)36-27(3,4)5)25(32)19-8-9-22-21(15-19)28-24(31)23(35-22)18-10-13-34-14-11-18/h8-9,15,17-18,20,23H,6-7,10-14,16H2,1-5H3,(H,28,31)/t20-,23?/m1/s1. The number of hydrogen-bond donors (Lipinski definition) is 1. The number of carbonyl (C=O) groups excluding carboxylic acids is 3. The van der Waals surface area contributed by atoms with Crippen molar-refractivity contribution in [2.75, 3.05) is 31.6 Å². The number of rotatable bonds is 4. The average molecular weight is 502 g/mol. The molecule has 3 aliphatic rings. The molecule has 3 heterocycles. The van der Waals surface area contributed by atoms with Crippen LogP contribution in [0.3, 0.4) is 0 Å². The third kappa shape index (κ3) is 5.94. The van der Waals surface area contributed by atoms with Crippen molar-refractivity contribution >= 4 is 23.6 Å². The number of piperidine rings is 1. The first-order valence-electron chi connectivity index (χ1n) is 13.0. The summed E-state index contributed by atoms with van der Waals surface area (Å²) in [4.78, 5) is 42.7. The molecule has 36 heavy (non-hydrogen) atoms. The summed E-state index contributed by atoms with van der Waals surface area (Å²) < 4.78 is 17.0. The minimum atomic E-state index is -0.572. The Morgan fingerprint density at radius 3 is 2.56 bits per heavy atom. The lowest BCUT2D eigenvalue weighted by Crippen LogP contribution is -2.54. The quantitative estimate of drug-likeness (QED) is 0.668. The molecular weight excluding hydrogens is 462 g/mol. The third-order valence-electron chi connectivity index (χ3n) is 6.92. The van der Waals surface area contributed by atoms with Gasteiger partial charge in [0.1, 0.15) is 11.4 Å². The SMILES string of the molecule is CC(C)N(C(=O)c1ccc2c(c1)NC(=O)C(C1CCOCC1)O2)[C@@H]1CCCN(C(=O)OC(C)(C)C)C1. The monoisotopic (exact) mass is 501 g/mol. The van der Waals surface area contributed by atoms with Crippen LogP contribution in [0, 0.1) is 5.92 Å². The minimum absolute atomic E-state index is 0.0686. The van der Waals surface area contributed by atoms with Gasteiger partial charge in [-0.3, -0.25) is 9.59 Å². The number of carbonyl (C=O) groups is 3. The molecule has 0 aliphatic carbocycles. The number of anilines is 1. The first kappa shape index (κ1) is 26.3. The topological polar surface area (TPSA) is 97.4 Å². The van der Waals surface area contributed by atoms with Gasteiger partial charge in [0.15, 0.2) is 6.10 Å². The molecule has 0 aromatic heterocycles. The normalized spacial score (nSPS) is 22.9. The van der Waals surface area contributed by atoms with Crippen molar-refractivity contribution in [1.29, 1.82) is 0 Å². The van der Waals surface area contributed by atoms with Crippen LogP contribution in [0.1, 0.15) is 70.7 Å². The molecule has 3 amide bonds. The van der Waals surface area contributed by atoms with Crippen molar-refractivity contribution in [1.82, 2.24) is 9.80 Å². The third-order valence-corrected chi connectivity index (χ3v) is 6.92. The smallest absolute Gasteiger partial charge is 0.410 e. The maximum Gasteiger partial charge on any atom is 0.410 e. The van der Waals surface area contributed by atoms with Crippen molar-refractivity contribution in [2.24, 2.45) is 5.92 Å². The summed E-state index contributed by atoms with van der Waals surface area (Å²) in [6.45, 7) is 11.8. The van der Waals surface area contributed by atoms with Crippen LogP contribution in [-0.2, 0) is 14.3 Å². The van der Waals surface area contributed by atoms with Gasteiger partial charge >= 0.3 is 6.09 Å². The summed E-state index contributed by atoms with van der Waals surface area (Å²) >= 11 is 0. The highest BCUT2D eigenvalue weighted by molar-refractivity contribution is 6.01. The van der Waals surface area contributed by atoms with E-state index in [0.29, 0.717) is 43.3 Å². The van der Waals surface area contributed by atoms with E-state index >= 15 is 0 Å². The fraction of sp³-hybridized carbons (Fsp3) is 0.667. The lowest BCUT2D eigenvalue weighted by molar-refractivity contribution is -0.127. The Kier molecular flexibility index (Phi) is 7.78. The molecule has 0 saturated carbocycles. The number of hydrogen-bond acceptors (Lipinski definition) is 6. The second-order valence-corrected chi connectivity index (χ2v) is 11.2. The fourth-order valence-electron chi connectivity index (χ4n) is 5.23. The lowest BCUT2D eigenvalue weighted by Gasteiger charge is -2.41. The molecule has 0 spiro atoms. The van der Waals surface area contributed by atoms with Gasteiger partial charge in [-0.2, -0.15) is 0 Å². The first-order valence-corrected chi connectivity index (χ1v) is 13.0. The van der Waals surface area contributed by atoms with E-state index in [9.17, 15) is 14.4 Å². The molecule has 1 unspecified atom stereocenters. The number of amides is 3. The Hall–Kier alpha value is -2.81. The van der Waals surface area contributed by atoms with Gasteiger partial charge in [0, 0.05) is 43.8 Å². The van der Waals surface area contributed by atoms with Gasteiger partial charge in [0.25, 0.3) is 11.8 Å². The van der Waals surface area contributed by atoms with E-state index in [1.165, 1.54) is 0 Å². The van der Waals surface area contributed by atoms with Crippen LogP contribution in [0.15, 0.2) is 18.2 Å². The summed E-state index contributed by atoms with van der Waals surface area (Å²) in [5, 5.41) is 2.95. The Morgan fingerprint density at radius 2 is 1.89 bits per heavy atom. The van der Waals surface area contributed by atoms with Gasteiger partial charge in [-0.15, -0.1) is 0 Å². The molecule has 2 saturated heterocycles. The van der Waals surface area contributed by atoms with Gasteiger partial charge in [0.2, 0.25) is 0 Å². The van der Waals surface area contributed by atoms with Crippen LogP contribution in [0.2, 0.25) is 0 Å². The highest BCUT2D eigenvalue weighted by Crippen LogP contribution is 2.35. The van der Waals surface area contributed by atoms with Crippen molar-refractivity contribution in [2.45, 2.75) is 84.1 Å². The second-order valence-electron chi connectivity index (χ2n) is 11.2. The number of nitrogens with one attached hydrogen (secondary N) is 1. The highest BCUT2D eigenvalue weighted by atomic mass is 16.6. The maximum absolute atomic E-state index is 13.7. The van der Waals surface area contributed by atoms with Crippen LogP contribution in [-0.4, -0.2) is 77.8 Å². The van der Waals surface area contributed by atoms with Crippen molar-refractivity contribution in [3.05, 3.63) is 23.8 Å². The van der Waals surface area contributed by atoms with Gasteiger partial charge < -0.3 is 29.3 Å². The van der Waals surface area contributed by atoms with E-state index in [-0.39, 0.29) is 35.9 Å². The Morgan fingerprint density at radius 1 is 1.17 bits per heavy atom. The van der Waals surface area contributed by atoms with Crippen LogP contribution in [0.25, 0.3) is 0 Å². The second kappa shape index (κ2) is 10.7. The minimum Gasteiger partial charge on any atom is -0.478 e. The largest absolute Gasteiger partial charge is 0.478 e. The first-order chi connectivity index (χ1) is 17.0. The molecule has 2 atom stereocenters. The number of benzene rings is 1. The molecule has 1 N–H and O–H groups in total. The lowest BCUT2D eigenvalue weighted by atomic mass is 9.92. The maximum atomic E-state index is 13.7. The Labute approximate surface area is 213 Å². The van der Waals surface area contributed by atoms with E-state index in [1.807, 2.05) is 39.5 Å². The summed E-state index contributed by atoms with van der Waals surface area (Å²) in [6, 6.07) is 5.02. The summed E-state index contributed by atoms with van der Waals surface area (Å²) in [6.07, 6.45) is 2.28. The molecule has 9 nitrogen and oxygen atoms in total. The Bertz CT molecular complexity index is 982. The van der Waals surface area contributed by atoms with E-state index in [1.54, 1.807) is 23.1 Å². The van der Waals surface area contributed by atoms with Crippen molar-refractivity contribution in [3.8, 4) is 5.75 Å². The van der Waals surface area contributed by atoms with Crippen LogP contribution < -0.4 is 10.1 Å². The van der Waals surface area contributed by atoms with Crippen LogP contribution in [0.5, 0.6) is 5.75 Å². The van der Waals surface area contributed by atoms with E-state index < -0.39 is 11.7 Å². The zero-order chi connectivity index (χ0) is 26.0. The average Bonchev–Trinajstić information content (AvgIpc) is 2.83. The number of fused-ring (bicyclic) bond motifs is 1. The van der Waals surface area contributed by atoms with Crippen molar-refractivity contribution < 1.29 is 28.6 Å². The summed E-state index contributed by atoms with van der Waals surface area (Å²) in [7, 11) is 0. The van der Waals surface area contributed by atoms with E-state index in [0.717, 1.165) is 25.7 Å². The molecule has 4 rings (SSSR count). The van der Waals surface area contributed by atoms with Gasteiger partial charge in [-0.05, 0) is 78.5 Å². The number of ether oxygens (including phenoxy) is 3. The summed E-state index contributed by atoms with van der Waals surface area (Å²) in [5.41, 5.74) is 0.416. The molecular formula is C27H39N3O6. The number of likely N-dealkylation sites (tertiary alicyclic amines) is 1. The van der Waals surface area contributed by atoms with Crippen molar-refractivity contribution in [3.63, 3.8) is 0 Å². The van der Waals surface area contributed by atoms with Gasteiger partial charge in [-0.25, -0.2) is 4.79 Å². The predicted molar refractivity (Wildman–Crippen MR) is 135 cm³/mol. The molecule has 0 radical (unpaired) electrons. The molecule has 3 aliphatic heterocycles. The zero-order valence-electron chi connectivity index (χ0n) is 22.0. The Balaban J connectivity index is 1.49. The van der Waals surface area contributed by atoms with E-state index in [2.05, 4.69) is 5.32 Å². The molecule has 0 bridgehead atoms. The molecule has 1 aromatic carbocycles. The van der Waals surface area contributed by atoms with Gasteiger partial charge in [-0.1, -0.05) is 0 Å². The molecule has 9 heteroatoms. The van der Waals surface area contributed by atoms with Crippen LogP contribution >= 0.6 is 0 Å². The van der Waals surface area contributed by atoms with Crippen LogP contribution in [0.4, 0.5) is 10.5 Å². The summed E-state index contributed by atoms with van der Waals surface area (Å²) in [5.74, 6) is 0.376. The molecule has 1 aromatic rings. The molecule has 2 fully saturated rings. The van der Waals surface area contributed by atoms with Gasteiger partial charge in [0.05, 0.1) is 11.7 Å². The fourth-order valence-corrected chi connectivity index (χ4v) is 5.23.